The Morgan fingerprint density at radius 3 is 2.42 bits per heavy atom. The number of hydrogen-bond donors (Lipinski definition) is 1. The number of fused-ring (bicyclic) bond motifs is 2. The van der Waals surface area contributed by atoms with Gasteiger partial charge in [-0.15, -0.1) is 11.3 Å². The monoisotopic (exact) mass is 281 g/mol. The van der Waals surface area contributed by atoms with Gasteiger partial charge in [0.1, 0.15) is 0 Å². The van der Waals surface area contributed by atoms with Crippen LogP contribution in [0.2, 0.25) is 0 Å². The third-order valence-corrected chi connectivity index (χ3v) is 5.03. The number of nitrogens with two attached hydrogens (primary N) is 1. The van der Waals surface area contributed by atoms with E-state index in [1.165, 1.54) is 17.7 Å². The molecule has 106 valence electrons. The van der Waals surface area contributed by atoms with Crippen molar-refractivity contribution in [3.05, 3.63) is 10.6 Å². The van der Waals surface area contributed by atoms with E-state index in [4.69, 9.17) is 15.5 Å². The second-order valence-electron chi connectivity index (χ2n) is 6.58. The average Bonchev–Trinajstić information content (AvgIpc) is 2.92. The van der Waals surface area contributed by atoms with Crippen LogP contribution in [0.5, 0.6) is 0 Å². The highest BCUT2D eigenvalue weighted by Crippen LogP contribution is 2.36. The number of aromatic nitrogens is 1. The Labute approximate surface area is 119 Å². The molecular weight excluding hydrogens is 258 g/mol. The Bertz CT molecular complexity index is 454. The van der Waals surface area contributed by atoms with E-state index in [9.17, 15) is 0 Å². The number of hydrogen-bond acceptors (Lipinski definition) is 5. The van der Waals surface area contributed by atoms with E-state index in [0.717, 1.165) is 23.9 Å². The Kier molecular flexibility index (Phi) is 3.31. The van der Waals surface area contributed by atoms with Crippen molar-refractivity contribution in [2.75, 3.05) is 18.0 Å². The zero-order chi connectivity index (χ0) is 13.6. The van der Waals surface area contributed by atoms with Crippen LogP contribution in [-0.2, 0) is 16.7 Å². The van der Waals surface area contributed by atoms with Gasteiger partial charge in [-0.1, -0.05) is 20.8 Å². The molecule has 0 amide bonds. The van der Waals surface area contributed by atoms with Gasteiger partial charge < -0.3 is 15.4 Å². The predicted octanol–water partition coefficient (Wildman–Crippen LogP) is 2.27. The maximum Gasteiger partial charge on any atom is 0.186 e. The molecule has 2 aliphatic heterocycles. The standard InChI is InChI=1S/C14H23N3OS/c1-14(2,3)12-11(6-15)19-13(16-12)17-7-9-4-5-10(8-17)18-9/h9-10H,4-8,15H2,1-3H3. The SMILES string of the molecule is CC(C)(C)c1nc(N2CC3CCC(C2)O3)sc1CN. The molecule has 0 saturated carbocycles. The van der Waals surface area contributed by atoms with Gasteiger partial charge in [-0.2, -0.15) is 0 Å². The van der Waals surface area contributed by atoms with Crippen LogP contribution in [0.15, 0.2) is 0 Å². The van der Waals surface area contributed by atoms with Crippen molar-refractivity contribution in [3.63, 3.8) is 0 Å². The van der Waals surface area contributed by atoms with Crippen molar-refractivity contribution < 1.29 is 4.74 Å². The molecule has 2 saturated heterocycles. The first-order chi connectivity index (χ1) is 8.97. The van der Waals surface area contributed by atoms with Crippen molar-refractivity contribution >= 4 is 16.5 Å². The molecule has 2 unspecified atom stereocenters. The lowest BCUT2D eigenvalue weighted by Crippen LogP contribution is -2.42. The number of ether oxygens (including phenoxy) is 1. The van der Waals surface area contributed by atoms with Gasteiger partial charge in [-0.05, 0) is 12.8 Å². The maximum atomic E-state index is 5.89. The van der Waals surface area contributed by atoms with Crippen LogP contribution in [0.1, 0.15) is 44.2 Å². The van der Waals surface area contributed by atoms with Crippen LogP contribution < -0.4 is 10.6 Å². The molecule has 19 heavy (non-hydrogen) atoms. The molecular formula is C14H23N3OS. The van der Waals surface area contributed by atoms with Crippen LogP contribution in [-0.4, -0.2) is 30.3 Å². The fraction of sp³-hybridized carbons (Fsp3) is 0.786. The number of anilines is 1. The van der Waals surface area contributed by atoms with Crippen molar-refractivity contribution in [3.8, 4) is 0 Å². The van der Waals surface area contributed by atoms with Gasteiger partial charge in [0.2, 0.25) is 0 Å². The molecule has 2 aliphatic rings. The minimum Gasteiger partial charge on any atom is -0.371 e. The summed E-state index contributed by atoms with van der Waals surface area (Å²) in [4.78, 5) is 8.50. The minimum absolute atomic E-state index is 0.0642. The zero-order valence-corrected chi connectivity index (χ0v) is 12.8. The smallest absolute Gasteiger partial charge is 0.186 e. The molecule has 2 N–H and O–H groups in total. The number of rotatable bonds is 2. The van der Waals surface area contributed by atoms with Crippen LogP contribution in [0.4, 0.5) is 5.13 Å². The topological polar surface area (TPSA) is 51.4 Å². The van der Waals surface area contributed by atoms with Gasteiger partial charge in [-0.3, -0.25) is 0 Å². The third-order valence-electron chi connectivity index (χ3n) is 3.90. The van der Waals surface area contributed by atoms with E-state index in [-0.39, 0.29) is 5.41 Å². The van der Waals surface area contributed by atoms with Crippen LogP contribution in [0, 0.1) is 0 Å². The number of morpholine rings is 1. The van der Waals surface area contributed by atoms with Gasteiger partial charge in [0.05, 0.1) is 17.9 Å². The molecule has 3 heterocycles. The highest BCUT2D eigenvalue weighted by molar-refractivity contribution is 7.15. The van der Waals surface area contributed by atoms with Crippen LogP contribution >= 0.6 is 11.3 Å². The second kappa shape index (κ2) is 4.72. The van der Waals surface area contributed by atoms with E-state index >= 15 is 0 Å². The summed E-state index contributed by atoms with van der Waals surface area (Å²) in [5, 5.41) is 1.13. The minimum atomic E-state index is 0.0642. The molecule has 0 aliphatic carbocycles. The quantitative estimate of drug-likeness (QED) is 0.903. The first-order valence-corrected chi connectivity index (χ1v) is 7.89. The van der Waals surface area contributed by atoms with E-state index < -0.39 is 0 Å². The lowest BCUT2D eigenvalue weighted by Gasteiger charge is -2.31. The molecule has 3 rings (SSSR count). The number of thiazole rings is 1. The Morgan fingerprint density at radius 2 is 1.95 bits per heavy atom. The predicted molar refractivity (Wildman–Crippen MR) is 78.8 cm³/mol. The zero-order valence-electron chi connectivity index (χ0n) is 12.0. The average molecular weight is 281 g/mol. The molecule has 0 spiro atoms. The molecule has 2 fully saturated rings. The molecule has 1 aromatic heterocycles. The van der Waals surface area contributed by atoms with Crippen molar-refractivity contribution in [1.82, 2.24) is 4.98 Å². The fourth-order valence-electron chi connectivity index (χ4n) is 2.97. The Balaban J connectivity index is 1.87. The van der Waals surface area contributed by atoms with Crippen molar-refractivity contribution in [1.29, 1.82) is 0 Å². The van der Waals surface area contributed by atoms with Gasteiger partial charge >= 0.3 is 0 Å². The van der Waals surface area contributed by atoms with Crippen molar-refractivity contribution in [2.45, 2.75) is 57.8 Å². The van der Waals surface area contributed by atoms with E-state index in [1.54, 1.807) is 11.3 Å². The summed E-state index contributed by atoms with van der Waals surface area (Å²) < 4.78 is 5.89. The van der Waals surface area contributed by atoms with Gasteiger partial charge in [0.15, 0.2) is 5.13 Å². The van der Waals surface area contributed by atoms with E-state index in [2.05, 4.69) is 25.7 Å². The summed E-state index contributed by atoms with van der Waals surface area (Å²) in [5.41, 5.74) is 7.11. The Morgan fingerprint density at radius 1 is 1.32 bits per heavy atom. The summed E-state index contributed by atoms with van der Waals surface area (Å²) in [6, 6.07) is 0. The molecule has 0 radical (unpaired) electrons. The molecule has 4 nitrogen and oxygen atoms in total. The summed E-state index contributed by atoms with van der Waals surface area (Å²) in [5.74, 6) is 0. The first-order valence-electron chi connectivity index (χ1n) is 7.08. The second-order valence-corrected chi connectivity index (χ2v) is 7.65. The molecule has 0 aromatic carbocycles. The molecule has 2 bridgehead atoms. The fourth-order valence-corrected chi connectivity index (χ4v) is 4.14. The lowest BCUT2D eigenvalue weighted by atomic mass is 9.91. The highest BCUT2D eigenvalue weighted by Gasteiger charge is 2.35. The molecule has 1 aromatic rings. The number of nitrogens with zero attached hydrogens (tertiary/aromatic N) is 2. The summed E-state index contributed by atoms with van der Waals surface area (Å²) in [6.07, 6.45) is 3.20. The third kappa shape index (κ3) is 2.51. The normalized spacial score (nSPS) is 27.1. The highest BCUT2D eigenvalue weighted by atomic mass is 32.1. The van der Waals surface area contributed by atoms with Crippen LogP contribution in [0.3, 0.4) is 0 Å². The molecule has 5 heteroatoms. The van der Waals surface area contributed by atoms with Gasteiger partial charge in [0, 0.05) is 29.9 Å². The largest absolute Gasteiger partial charge is 0.371 e. The Hall–Kier alpha value is -0.650. The summed E-state index contributed by atoms with van der Waals surface area (Å²) in [7, 11) is 0. The van der Waals surface area contributed by atoms with Gasteiger partial charge in [-0.25, -0.2) is 4.98 Å². The van der Waals surface area contributed by atoms with Gasteiger partial charge in [0.25, 0.3) is 0 Å². The lowest BCUT2D eigenvalue weighted by molar-refractivity contribution is 0.0304. The summed E-state index contributed by atoms with van der Waals surface area (Å²) >= 11 is 1.76. The van der Waals surface area contributed by atoms with Crippen LogP contribution in [0.25, 0.3) is 0 Å². The summed E-state index contributed by atoms with van der Waals surface area (Å²) in [6.45, 7) is 9.16. The van der Waals surface area contributed by atoms with Crippen molar-refractivity contribution in [2.24, 2.45) is 5.73 Å². The van der Waals surface area contributed by atoms with E-state index in [1.807, 2.05) is 0 Å². The first kappa shape index (κ1) is 13.3. The van der Waals surface area contributed by atoms with E-state index in [0.29, 0.717) is 18.8 Å². The molecule has 2 atom stereocenters. The maximum absolute atomic E-state index is 5.89.